The van der Waals surface area contributed by atoms with Gasteiger partial charge in [-0.05, 0) is 12.1 Å². The zero-order valence-corrected chi connectivity index (χ0v) is 11.9. The minimum Gasteiger partial charge on any atom is -0.395 e. The van der Waals surface area contributed by atoms with Gasteiger partial charge >= 0.3 is 0 Å². The number of aliphatic hydroxyl groups is 1. The first-order valence-electron chi connectivity index (χ1n) is 6.34. The topological polar surface area (TPSA) is 112 Å². The molecule has 0 radical (unpaired) electrons. The largest absolute Gasteiger partial charge is 0.395 e. The molecule has 8 nitrogen and oxygen atoms in total. The Balaban J connectivity index is 2.16. The van der Waals surface area contributed by atoms with Gasteiger partial charge in [0.1, 0.15) is 4.90 Å². The van der Waals surface area contributed by atoms with Crippen LogP contribution in [0, 0.1) is 0 Å². The second-order valence-electron chi connectivity index (χ2n) is 4.46. The average Bonchev–Trinajstić information content (AvgIpc) is 2.48. The van der Waals surface area contributed by atoms with E-state index in [2.05, 4.69) is 10.4 Å². The Morgan fingerprint density at radius 1 is 1.35 bits per heavy atom. The number of nitrogens with two attached hydrogens (primary N) is 1. The predicted molar refractivity (Wildman–Crippen MR) is 74.3 cm³/mol. The molecule has 0 unspecified atom stereocenters. The number of sulfonamides is 1. The number of rotatable bonds is 5. The summed E-state index contributed by atoms with van der Waals surface area (Å²) in [5.41, 5.74) is 2.31. The zero-order chi connectivity index (χ0) is 14.6. The van der Waals surface area contributed by atoms with Crippen molar-refractivity contribution < 1.29 is 13.5 Å². The van der Waals surface area contributed by atoms with Gasteiger partial charge in [-0.1, -0.05) is 0 Å². The number of β-amino-alcohol motifs (C(OH)–C–C–N with tert-alkyl or cyclic N) is 1. The van der Waals surface area contributed by atoms with Gasteiger partial charge < -0.3 is 10.5 Å². The Morgan fingerprint density at radius 3 is 2.65 bits per heavy atom. The fourth-order valence-electron chi connectivity index (χ4n) is 2.18. The van der Waals surface area contributed by atoms with E-state index in [-0.39, 0.29) is 17.3 Å². The lowest BCUT2D eigenvalue weighted by atomic mass is 10.4. The number of nitrogens with one attached hydrogen (secondary N) is 1. The van der Waals surface area contributed by atoms with Crippen LogP contribution < -0.4 is 11.3 Å². The SMILES string of the molecule is NNc1ncccc1S(=O)(=O)N1CCN(CCO)CC1. The molecule has 2 heterocycles. The van der Waals surface area contributed by atoms with Gasteiger partial charge in [-0.25, -0.2) is 19.2 Å². The molecule has 9 heteroatoms. The normalized spacial score (nSPS) is 18.1. The van der Waals surface area contributed by atoms with E-state index in [1.54, 1.807) is 6.07 Å². The van der Waals surface area contributed by atoms with Crippen molar-refractivity contribution in [2.75, 3.05) is 44.8 Å². The molecule has 2 rings (SSSR count). The molecule has 0 bridgehead atoms. The quantitative estimate of drug-likeness (QED) is 0.456. The van der Waals surface area contributed by atoms with Crippen molar-refractivity contribution in [3.8, 4) is 0 Å². The van der Waals surface area contributed by atoms with E-state index in [0.29, 0.717) is 32.7 Å². The van der Waals surface area contributed by atoms with Crippen LogP contribution in [0.2, 0.25) is 0 Å². The molecule has 1 aromatic rings. The molecule has 20 heavy (non-hydrogen) atoms. The molecular weight excluding hydrogens is 282 g/mol. The lowest BCUT2D eigenvalue weighted by molar-refractivity contribution is 0.151. The molecule has 0 aromatic carbocycles. The van der Waals surface area contributed by atoms with E-state index in [0.717, 1.165) is 0 Å². The van der Waals surface area contributed by atoms with Crippen molar-refractivity contribution in [1.29, 1.82) is 0 Å². The van der Waals surface area contributed by atoms with Gasteiger partial charge in [0.15, 0.2) is 5.82 Å². The number of pyridine rings is 1. The number of hydrazine groups is 1. The average molecular weight is 301 g/mol. The summed E-state index contributed by atoms with van der Waals surface area (Å²) in [4.78, 5) is 6.02. The standard InChI is InChI=1S/C11H19N5O3S/c12-14-11-10(2-1-3-13-11)20(18,19)16-6-4-15(5-7-16)8-9-17/h1-3,17H,4-9,12H2,(H,13,14). The van der Waals surface area contributed by atoms with Crippen LogP contribution in [0.25, 0.3) is 0 Å². The van der Waals surface area contributed by atoms with Crippen LogP contribution in [0.1, 0.15) is 0 Å². The number of piperazine rings is 1. The highest BCUT2D eigenvalue weighted by molar-refractivity contribution is 7.89. The number of anilines is 1. The Bertz CT molecular complexity index is 543. The highest BCUT2D eigenvalue weighted by Gasteiger charge is 2.30. The molecular formula is C11H19N5O3S. The number of nitrogen functional groups attached to an aromatic ring is 1. The van der Waals surface area contributed by atoms with Gasteiger partial charge in [0, 0.05) is 38.9 Å². The summed E-state index contributed by atoms with van der Waals surface area (Å²) in [6.45, 7) is 2.63. The van der Waals surface area contributed by atoms with Crippen molar-refractivity contribution in [1.82, 2.24) is 14.2 Å². The lowest BCUT2D eigenvalue weighted by Gasteiger charge is -2.33. The van der Waals surface area contributed by atoms with Crippen molar-refractivity contribution in [3.63, 3.8) is 0 Å². The molecule has 0 spiro atoms. The molecule has 1 saturated heterocycles. The molecule has 0 amide bonds. The van der Waals surface area contributed by atoms with E-state index >= 15 is 0 Å². The highest BCUT2D eigenvalue weighted by Crippen LogP contribution is 2.22. The molecule has 1 aliphatic rings. The third-order valence-corrected chi connectivity index (χ3v) is 5.20. The number of aromatic nitrogens is 1. The van der Waals surface area contributed by atoms with Gasteiger partial charge in [-0.15, -0.1) is 0 Å². The highest BCUT2D eigenvalue weighted by atomic mass is 32.2. The first-order valence-corrected chi connectivity index (χ1v) is 7.78. The van der Waals surface area contributed by atoms with E-state index < -0.39 is 10.0 Å². The second-order valence-corrected chi connectivity index (χ2v) is 6.37. The summed E-state index contributed by atoms with van der Waals surface area (Å²) in [5, 5.41) is 8.89. The Morgan fingerprint density at radius 2 is 2.05 bits per heavy atom. The van der Waals surface area contributed by atoms with Crippen LogP contribution in [0.15, 0.2) is 23.2 Å². The van der Waals surface area contributed by atoms with Crippen molar-refractivity contribution in [2.24, 2.45) is 5.84 Å². The lowest BCUT2D eigenvalue weighted by Crippen LogP contribution is -2.49. The second kappa shape index (κ2) is 6.46. The third-order valence-electron chi connectivity index (χ3n) is 3.27. The minimum atomic E-state index is -3.60. The van der Waals surface area contributed by atoms with E-state index in [1.165, 1.54) is 16.6 Å². The zero-order valence-electron chi connectivity index (χ0n) is 11.1. The number of nitrogens with zero attached hydrogens (tertiary/aromatic N) is 3. The molecule has 0 aliphatic carbocycles. The van der Waals surface area contributed by atoms with Crippen molar-refractivity contribution in [3.05, 3.63) is 18.3 Å². The summed E-state index contributed by atoms with van der Waals surface area (Å²) in [6.07, 6.45) is 1.48. The van der Waals surface area contributed by atoms with Crippen LogP contribution in [-0.4, -0.2) is 67.0 Å². The number of hydrogen-bond acceptors (Lipinski definition) is 7. The predicted octanol–water partition coefficient (Wildman–Crippen LogP) is -1.33. The third kappa shape index (κ3) is 3.07. The van der Waals surface area contributed by atoms with Crippen LogP contribution in [0.5, 0.6) is 0 Å². The molecule has 112 valence electrons. The molecule has 1 aliphatic heterocycles. The van der Waals surface area contributed by atoms with Gasteiger partial charge in [0.05, 0.1) is 6.61 Å². The minimum absolute atomic E-state index is 0.0800. The summed E-state index contributed by atoms with van der Waals surface area (Å²) in [5.74, 6) is 5.45. The number of hydrogen-bond donors (Lipinski definition) is 3. The van der Waals surface area contributed by atoms with E-state index in [1.807, 2.05) is 4.90 Å². The summed E-state index contributed by atoms with van der Waals surface area (Å²) in [6, 6.07) is 3.05. The van der Waals surface area contributed by atoms with Crippen LogP contribution in [0.4, 0.5) is 5.82 Å². The fraction of sp³-hybridized carbons (Fsp3) is 0.545. The summed E-state index contributed by atoms with van der Waals surface area (Å²) < 4.78 is 26.5. The van der Waals surface area contributed by atoms with Gasteiger partial charge in [-0.2, -0.15) is 4.31 Å². The van der Waals surface area contributed by atoms with Crippen LogP contribution in [0.3, 0.4) is 0 Å². The molecule has 1 fully saturated rings. The summed E-state index contributed by atoms with van der Waals surface area (Å²) >= 11 is 0. The fourth-order valence-corrected chi connectivity index (χ4v) is 3.71. The Labute approximate surface area is 118 Å². The maximum atomic E-state index is 12.6. The van der Waals surface area contributed by atoms with Crippen LogP contribution in [-0.2, 0) is 10.0 Å². The maximum absolute atomic E-state index is 12.6. The van der Waals surface area contributed by atoms with Crippen molar-refractivity contribution in [2.45, 2.75) is 4.90 Å². The smallest absolute Gasteiger partial charge is 0.246 e. The Hall–Kier alpha value is -1.26. The first kappa shape index (κ1) is 15.1. The van der Waals surface area contributed by atoms with E-state index in [9.17, 15) is 8.42 Å². The molecule has 0 saturated carbocycles. The molecule has 1 aromatic heterocycles. The van der Waals surface area contributed by atoms with Gasteiger partial charge in [0.25, 0.3) is 0 Å². The first-order chi connectivity index (χ1) is 9.59. The van der Waals surface area contributed by atoms with Crippen molar-refractivity contribution >= 4 is 15.8 Å². The monoisotopic (exact) mass is 301 g/mol. The van der Waals surface area contributed by atoms with E-state index in [4.69, 9.17) is 10.9 Å². The Kier molecular flexibility index (Phi) is 4.89. The van der Waals surface area contributed by atoms with Gasteiger partial charge in [-0.3, -0.25) is 4.90 Å². The summed E-state index contributed by atoms with van der Waals surface area (Å²) in [7, 11) is -3.60. The number of aliphatic hydroxyl groups excluding tert-OH is 1. The molecule has 4 N–H and O–H groups in total. The van der Waals surface area contributed by atoms with Gasteiger partial charge in [0.2, 0.25) is 10.0 Å². The molecule has 0 atom stereocenters. The maximum Gasteiger partial charge on any atom is 0.246 e. The van der Waals surface area contributed by atoms with Crippen LogP contribution >= 0.6 is 0 Å².